The first-order valence-corrected chi connectivity index (χ1v) is 6.68. The van der Waals surface area contributed by atoms with Crippen LogP contribution in [-0.2, 0) is 13.2 Å². The molecule has 0 atom stereocenters. The first kappa shape index (κ1) is 13.9. The summed E-state index contributed by atoms with van der Waals surface area (Å²) in [4.78, 5) is 4.39. The van der Waals surface area contributed by atoms with E-state index in [0.29, 0.717) is 24.1 Å². The fraction of sp³-hybridized carbons (Fsp3) is 0.357. The quantitative estimate of drug-likeness (QED) is 0.790. The number of furan rings is 1. The SMILES string of the molecule is CCCNCc1nc(OCc2ccco2)ccc1Cl. The molecule has 0 unspecified atom stereocenters. The van der Waals surface area contributed by atoms with Crippen molar-refractivity contribution >= 4 is 11.6 Å². The highest BCUT2D eigenvalue weighted by Crippen LogP contribution is 2.18. The Balaban J connectivity index is 1.95. The number of aromatic nitrogens is 1. The molecule has 0 aliphatic carbocycles. The zero-order chi connectivity index (χ0) is 13.5. The highest BCUT2D eigenvalue weighted by Gasteiger charge is 2.05. The molecule has 0 aliphatic heterocycles. The minimum absolute atomic E-state index is 0.365. The molecule has 0 fully saturated rings. The van der Waals surface area contributed by atoms with Gasteiger partial charge in [0.1, 0.15) is 12.4 Å². The summed E-state index contributed by atoms with van der Waals surface area (Å²) in [5.74, 6) is 1.32. The van der Waals surface area contributed by atoms with Crippen molar-refractivity contribution in [2.75, 3.05) is 6.54 Å². The number of pyridine rings is 1. The van der Waals surface area contributed by atoms with E-state index in [1.54, 1.807) is 18.4 Å². The van der Waals surface area contributed by atoms with E-state index in [4.69, 9.17) is 20.8 Å². The van der Waals surface area contributed by atoms with E-state index >= 15 is 0 Å². The van der Waals surface area contributed by atoms with Crippen LogP contribution in [-0.4, -0.2) is 11.5 Å². The van der Waals surface area contributed by atoms with Gasteiger partial charge in [0.15, 0.2) is 0 Å². The van der Waals surface area contributed by atoms with E-state index < -0.39 is 0 Å². The van der Waals surface area contributed by atoms with Crippen LogP contribution in [0.4, 0.5) is 0 Å². The Morgan fingerprint density at radius 3 is 3.00 bits per heavy atom. The van der Waals surface area contributed by atoms with E-state index in [2.05, 4.69) is 17.2 Å². The van der Waals surface area contributed by atoms with Gasteiger partial charge in [-0.1, -0.05) is 18.5 Å². The fourth-order valence-electron chi connectivity index (χ4n) is 1.59. The summed E-state index contributed by atoms with van der Waals surface area (Å²) >= 11 is 6.10. The lowest BCUT2D eigenvalue weighted by atomic mass is 10.3. The molecule has 0 amide bonds. The van der Waals surface area contributed by atoms with Gasteiger partial charge in [-0.05, 0) is 31.2 Å². The topological polar surface area (TPSA) is 47.3 Å². The van der Waals surface area contributed by atoms with Crippen LogP contribution in [0.3, 0.4) is 0 Å². The standard InChI is InChI=1S/C14H17ClN2O2/c1-2-7-16-9-13-12(15)5-6-14(17-13)19-10-11-4-3-8-18-11/h3-6,8,16H,2,7,9-10H2,1H3. The lowest BCUT2D eigenvalue weighted by molar-refractivity contribution is 0.260. The predicted molar refractivity (Wildman–Crippen MR) is 74.3 cm³/mol. The minimum atomic E-state index is 0.365. The highest BCUT2D eigenvalue weighted by molar-refractivity contribution is 6.31. The third kappa shape index (κ3) is 4.26. The molecule has 0 saturated heterocycles. The minimum Gasteiger partial charge on any atom is -0.469 e. The number of halogens is 1. The van der Waals surface area contributed by atoms with Crippen LogP contribution in [0.25, 0.3) is 0 Å². The molecule has 0 bridgehead atoms. The van der Waals surface area contributed by atoms with Crippen molar-refractivity contribution in [2.45, 2.75) is 26.5 Å². The zero-order valence-corrected chi connectivity index (χ0v) is 11.6. The molecule has 5 heteroatoms. The molecule has 2 heterocycles. The van der Waals surface area contributed by atoms with E-state index in [1.165, 1.54) is 0 Å². The average Bonchev–Trinajstić information content (AvgIpc) is 2.93. The number of nitrogens with one attached hydrogen (secondary N) is 1. The Morgan fingerprint density at radius 1 is 1.37 bits per heavy atom. The van der Waals surface area contributed by atoms with Gasteiger partial charge in [-0.2, -0.15) is 0 Å². The Morgan fingerprint density at radius 2 is 2.26 bits per heavy atom. The lowest BCUT2D eigenvalue weighted by Gasteiger charge is -2.08. The van der Waals surface area contributed by atoms with Crippen LogP contribution in [0.15, 0.2) is 34.9 Å². The zero-order valence-electron chi connectivity index (χ0n) is 10.9. The number of ether oxygens (including phenoxy) is 1. The van der Waals surface area contributed by atoms with Gasteiger partial charge in [0.25, 0.3) is 0 Å². The fourth-order valence-corrected chi connectivity index (χ4v) is 1.76. The highest BCUT2D eigenvalue weighted by atomic mass is 35.5. The second-order valence-corrected chi connectivity index (χ2v) is 4.53. The van der Waals surface area contributed by atoms with Crippen molar-refractivity contribution < 1.29 is 9.15 Å². The smallest absolute Gasteiger partial charge is 0.214 e. The van der Waals surface area contributed by atoms with Crippen molar-refractivity contribution in [3.8, 4) is 5.88 Å². The summed E-state index contributed by atoms with van der Waals surface area (Å²) in [6.45, 7) is 4.06. The van der Waals surface area contributed by atoms with E-state index in [1.807, 2.05) is 12.1 Å². The second kappa shape index (κ2) is 7.16. The molecule has 19 heavy (non-hydrogen) atoms. The summed E-state index contributed by atoms with van der Waals surface area (Å²) in [5, 5.41) is 3.92. The van der Waals surface area contributed by atoms with Gasteiger partial charge < -0.3 is 14.5 Å². The third-order valence-electron chi connectivity index (χ3n) is 2.55. The van der Waals surface area contributed by atoms with Gasteiger partial charge >= 0.3 is 0 Å². The summed E-state index contributed by atoms with van der Waals surface area (Å²) in [6, 6.07) is 7.25. The maximum Gasteiger partial charge on any atom is 0.214 e. The molecule has 2 aromatic heterocycles. The van der Waals surface area contributed by atoms with E-state index in [9.17, 15) is 0 Å². The van der Waals surface area contributed by atoms with Crippen LogP contribution in [0.1, 0.15) is 24.8 Å². The molecule has 2 aromatic rings. The Labute approximate surface area is 117 Å². The van der Waals surface area contributed by atoms with Gasteiger partial charge in [0.2, 0.25) is 5.88 Å². The lowest BCUT2D eigenvalue weighted by Crippen LogP contribution is -2.15. The first-order chi connectivity index (χ1) is 9.29. The second-order valence-electron chi connectivity index (χ2n) is 4.12. The molecule has 4 nitrogen and oxygen atoms in total. The summed E-state index contributed by atoms with van der Waals surface area (Å²) in [6.07, 6.45) is 2.69. The van der Waals surface area contributed by atoms with Crippen LogP contribution in [0, 0.1) is 0 Å². The summed E-state index contributed by atoms with van der Waals surface area (Å²) in [5.41, 5.74) is 0.798. The largest absolute Gasteiger partial charge is 0.469 e. The van der Waals surface area contributed by atoms with Crippen LogP contribution in [0.5, 0.6) is 5.88 Å². The van der Waals surface area contributed by atoms with Gasteiger partial charge in [-0.3, -0.25) is 0 Å². The number of hydrogen-bond acceptors (Lipinski definition) is 4. The van der Waals surface area contributed by atoms with Crippen molar-refractivity contribution in [1.29, 1.82) is 0 Å². The van der Waals surface area contributed by atoms with Crippen molar-refractivity contribution in [3.05, 3.63) is 47.0 Å². The van der Waals surface area contributed by atoms with Crippen LogP contribution in [0.2, 0.25) is 5.02 Å². The van der Waals surface area contributed by atoms with E-state index in [0.717, 1.165) is 24.4 Å². The molecule has 0 radical (unpaired) electrons. The van der Waals surface area contributed by atoms with Crippen molar-refractivity contribution in [2.24, 2.45) is 0 Å². The molecule has 1 N–H and O–H groups in total. The number of nitrogens with zero attached hydrogens (tertiary/aromatic N) is 1. The van der Waals surface area contributed by atoms with Gasteiger partial charge in [0, 0.05) is 12.6 Å². The Bertz CT molecular complexity index is 500. The molecule has 0 spiro atoms. The Hall–Kier alpha value is -1.52. The summed E-state index contributed by atoms with van der Waals surface area (Å²) in [7, 11) is 0. The molecular formula is C14H17ClN2O2. The molecule has 0 aromatic carbocycles. The van der Waals surface area contributed by atoms with Gasteiger partial charge in [-0.15, -0.1) is 0 Å². The Kier molecular flexibility index (Phi) is 5.24. The molecule has 2 rings (SSSR count). The molecule has 0 aliphatic rings. The van der Waals surface area contributed by atoms with Crippen molar-refractivity contribution in [3.63, 3.8) is 0 Å². The first-order valence-electron chi connectivity index (χ1n) is 6.31. The maximum absolute atomic E-state index is 6.10. The van der Waals surface area contributed by atoms with Crippen molar-refractivity contribution in [1.82, 2.24) is 10.3 Å². The molecule has 0 saturated carbocycles. The molecular weight excluding hydrogens is 264 g/mol. The van der Waals surface area contributed by atoms with Crippen LogP contribution >= 0.6 is 11.6 Å². The normalized spacial score (nSPS) is 10.6. The number of hydrogen-bond donors (Lipinski definition) is 1. The van der Waals surface area contributed by atoms with Gasteiger partial charge in [-0.25, -0.2) is 4.98 Å². The van der Waals surface area contributed by atoms with Crippen LogP contribution < -0.4 is 10.1 Å². The van der Waals surface area contributed by atoms with Gasteiger partial charge in [0.05, 0.1) is 17.0 Å². The molecule has 102 valence electrons. The average molecular weight is 281 g/mol. The maximum atomic E-state index is 6.10. The third-order valence-corrected chi connectivity index (χ3v) is 2.90. The summed E-state index contributed by atoms with van der Waals surface area (Å²) < 4.78 is 10.8. The monoisotopic (exact) mass is 280 g/mol. The number of rotatable bonds is 7. The predicted octanol–water partition coefficient (Wildman–Crippen LogP) is 3.41. The van der Waals surface area contributed by atoms with E-state index in [-0.39, 0.29) is 0 Å².